The maximum Gasteiger partial charge on any atom is 0.276 e. The fraction of sp³-hybridized carbons (Fsp3) is 0.600. The molecule has 128 valence electrons. The summed E-state index contributed by atoms with van der Waals surface area (Å²) in [5, 5.41) is 22.5. The van der Waals surface area contributed by atoms with Crippen LogP contribution in [0.5, 0.6) is 0 Å². The van der Waals surface area contributed by atoms with Crippen molar-refractivity contribution in [1.82, 2.24) is 29.9 Å². The van der Waals surface area contributed by atoms with Crippen LogP contribution < -0.4 is 4.90 Å². The molecule has 3 aromatic rings. The smallest absolute Gasteiger partial charge is 0.276 e. The maximum absolute atomic E-state index is 9.41. The maximum atomic E-state index is 9.41. The van der Waals surface area contributed by atoms with Crippen LogP contribution in [0.3, 0.4) is 0 Å². The summed E-state index contributed by atoms with van der Waals surface area (Å²) in [6.45, 7) is 8.81. The molecular formula is C15H21N7OS. The second kappa shape index (κ2) is 6.23. The Morgan fingerprint density at radius 3 is 2.96 bits per heavy atom. The van der Waals surface area contributed by atoms with Crippen LogP contribution in [0.2, 0.25) is 0 Å². The molecule has 24 heavy (non-hydrogen) atoms. The van der Waals surface area contributed by atoms with Crippen LogP contribution in [-0.4, -0.2) is 67.8 Å². The Bertz CT molecular complexity index is 874. The average molecular weight is 347 g/mol. The molecular weight excluding hydrogens is 326 g/mol. The fourth-order valence-corrected chi connectivity index (χ4v) is 4.72. The highest BCUT2D eigenvalue weighted by Crippen LogP contribution is 2.39. The van der Waals surface area contributed by atoms with Gasteiger partial charge in [-0.25, -0.2) is 0 Å². The minimum Gasteiger partial charge on any atom is -0.395 e. The second-order valence-electron chi connectivity index (χ2n) is 5.93. The van der Waals surface area contributed by atoms with E-state index in [-0.39, 0.29) is 6.61 Å². The number of tetrazole rings is 1. The Morgan fingerprint density at radius 1 is 1.33 bits per heavy atom. The third-order valence-electron chi connectivity index (χ3n) is 4.69. The molecule has 3 aromatic heterocycles. The predicted molar refractivity (Wildman–Crippen MR) is 93.6 cm³/mol. The highest BCUT2D eigenvalue weighted by molar-refractivity contribution is 7.19. The first-order chi connectivity index (χ1) is 11.8. The van der Waals surface area contributed by atoms with Gasteiger partial charge in [0.1, 0.15) is 10.6 Å². The predicted octanol–water partition coefficient (Wildman–Crippen LogP) is 0.931. The lowest BCUT2D eigenvalue weighted by atomic mass is 10.0. The van der Waals surface area contributed by atoms with Crippen molar-refractivity contribution in [3.05, 3.63) is 10.4 Å². The number of aliphatic hydroxyl groups excluding tert-OH is 1. The van der Waals surface area contributed by atoms with Gasteiger partial charge in [0, 0.05) is 31.1 Å². The molecule has 0 unspecified atom stereocenters. The summed E-state index contributed by atoms with van der Waals surface area (Å²) in [4.78, 5) is 11.7. The molecule has 4 heterocycles. The Hall–Kier alpha value is -1.84. The van der Waals surface area contributed by atoms with E-state index in [4.69, 9.17) is 4.98 Å². The van der Waals surface area contributed by atoms with E-state index in [9.17, 15) is 5.11 Å². The fourth-order valence-electron chi connectivity index (χ4n) is 3.39. The van der Waals surface area contributed by atoms with Gasteiger partial charge < -0.3 is 10.0 Å². The molecule has 0 saturated heterocycles. The summed E-state index contributed by atoms with van der Waals surface area (Å²) in [6, 6.07) is 0. The molecule has 0 saturated carbocycles. The number of likely N-dealkylation sites (N-methyl/N-ethyl adjacent to an activating group) is 2. The molecule has 0 aliphatic carbocycles. The van der Waals surface area contributed by atoms with Gasteiger partial charge in [-0.2, -0.15) is 9.50 Å². The van der Waals surface area contributed by atoms with E-state index in [1.165, 1.54) is 10.4 Å². The third kappa shape index (κ3) is 2.35. The van der Waals surface area contributed by atoms with E-state index >= 15 is 0 Å². The molecule has 0 amide bonds. The van der Waals surface area contributed by atoms with Crippen molar-refractivity contribution in [3.8, 4) is 0 Å². The Balaban J connectivity index is 1.98. The van der Waals surface area contributed by atoms with Crippen LogP contribution in [0.1, 0.15) is 24.3 Å². The summed E-state index contributed by atoms with van der Waals surface area (Å²) >= 11 is 1.76. The lowest BCUT2D eigenvalue weighted by Gasteiger charge is -2.26. The van der Waals surface area contributed by atoms with Crippen LogP contribution in [0.15, 0.2) is 0 Å². The number of fused-ring (bicyclic) bond motifs is 5. The first-order valence-electron chi connectivity index (χ1n) is 8.37. The number of aromatic nitrogens is 5. The van der Waals surface area contributed by atoms with Crippen molar-refractivity contribution in [3.63, 3.8) is 0 Å². The molecule has 9 heteroatoms. The summed E-state index contributed by atoms with van der Waals surface area (Å²) in [5.41, 5.74) is 1.37. The molecule has 0 fully saturated rings. The average Bonchev–Trinajstić information content (AvgIpc) is 3.22. The zero-order chi connectivity index (χ0) is 16.7. The zero-order valence-corrected chi connectivity index (χ0v) is 14.8. The number of hydrogen-bond donors (Lipinski definition) is 1. The van der Waals surface area contributed by atoms with Gasteiger partial charge in [0.2, 0.25) is 0 Å². The van der Waals surface area contributed by atoms with E-state index < -0.39 is 0 Å². The highest BCUT2D eigenvalue weighted by atomic mass is 32.1. The van der Waals surface area contributed by atoms with E-state index in [2.05, 4.69) is 39.2 Å². The second-order valence-corrected chi connectivity index (χ2v) is 7.02. The zero-order valence-electron chi connectivity index (χ0n) is 13.9. The minimum atomic E-state index is 0.100. The van der Waals surface area contributed by atoms with Crippen molar-refractivity contribution in [2.24, 2.45) is 0 Å². The van der Waals surface area contributed by atoms with Crippen molar-refractivity contribution in [2.45, 2.75) is 26.8 Å². The summed E-state index contributed by atoms with van der Waals surface area (Å²) < 4.78 is 1.74. The molecule has 0 aromatic carbocycles. The van der Waals surface area contributed by atoms with Crippen LogP contribution in [0, 0.1) is 0 Å². The number of anilines is 1. The van der Waals surface area contributed by atoms with Crippen molar-refractivity contribution < 1.29 is 5.11 Å². The summed E-state index contributed by atoms with van der Waals surface area (Å²) in [5.74, 6) is 1.41. The van der Waals surface area contributed by atoms with Gasteiger partial charge in [-0.05, 0) is 35.9 Å². The third-order valence-corrected chi connectivity index (χ3v) is 5.88. The molecule has 1 N–H and O–H groups in total. The number of nitrogens with zero attached hydrogens (tertiary/aromatic N) is 7. The molecule has 0 bridgehead atoms. The monoisotopic (exact) mass is 347 g/mol. The van der Waals surface area contributed by atoms with Crippen LogP contribution in [0.4, 0.5) is 5.82 Å². The Morgan fingerprint density at radius 2 is 2.21 bits per heavy atom. The van der Waals surface area contributed by atoms with Crippen molar-refractivity contribution >= 4 is 33.1 Å². The van der Waals surface area contributed by atoms with E-state index in [0.717, 1.165) is 48.6 Å². The normalized spacial score (nSPS) is 15.3. The molecule has 1 aliphatic heterocycles. The number of hydrogen-bond acceptors (Lipinski definition) is 8. The van der Waals surface area contributed by atoms with Gasteiger partial charge in [0.15, 0.2) is 0 Å². The van der Waals surface area contributed by atoms with Gasteiger partial charge >= 0.3 is 0 Å². The standard InChI is InChI=1S/C15H21N7OS/c1-3-20-6-5-10-11(9-20)24-14-12(10)13(21(4-2)7-8-23)16-15-17-18-19-22(14)15/h23H,3-9H2,1-2H3. The van der Waals surface area contributed by atoms with Gasteiger partial charge in [0.05, 0.1) is 12.0 Å². The SMILES string of the molecule is CCN1CCc2c(sc3c2c(N(CC)CCO)nc2nnnn23)C1. The van der Waals surface area contributed by atoms with E-state index in [1.807, 2.05) is 0 Å². The highest BCUT2D eigenvalue weighted by Gasteiger charge is 2.26. The molecule has 8 nitrogen and oxygen atoms in total. The minimum absolute atomic E-state index is 0.100. The van der Waals surface area contributed by atoms with Gasteiger partial charge in [-0.3, -0.25) is 4.90 Å². The summed E-state index contributed by atoms with van der Waals surface area (Å²) in [6.07, 6.45) is 1.02. The summed E-state index contributed by atoms with van der Waals surface area (Å²) in [7, 11) is 0. The molecule has 1 aliphatic rings. The van der Waals surface area contributed by atoms with Crippen molar-refractivity contribution in [2.75, 3.05) is 37.7 Å². The molecule has 4 rings (SSSR count). The van der Waals surface area contributed by atoms with Gasteiger partial charge in [-0.1, -0.05) is 12.0 Å². The van der Waals surface area contributed by atoms with Crippen LogP contribution in [0.25, 0.3) is 16.0 Å². The first kappa shape index (κ1) is 15.7. The number of rotatable bonds is 5. The van der Waals surface area contributed by atoms with Crippen LogP contribution >= 0.6 is 11.3 Å². The van der Waals surface area contributed by atoms with Gasteiger partial charge in [0.25, 0.3) is 5.78 Å². The Kier molecular flexibility index (Phi) is 4.07. The van der Waals surface area contributed by atoms with Crippen molar-refractivity contribution in [1.29, 1.82) is 0 Å². The molecule has 0 atom stereocenters. The lowest BCUT2D eigenvalue weighted by molar-refractivity contribution is 0.272. The quantitative estimate of drug-likeness (QED) is 0.735. The van der Waals surface area contributed by atoms with Crippen LogP contribution in [-0.2, 0) is 13.0 Å². The van der Waals surface area contributed by atoms with Gasteiger partial charge in [-0.15, -0.1) is 11.3 Å². The number of aliphatic hydroxyl groups is 1. The van der Waals surface area contributed by atoms with E-state index in [1.54, 1.807) is 15.9 Å². The lowest BCUT2D eigenvalue weighted by Crippen LogP contribution is -2.30. The number of thiophene rings is 1. The molecule has 0 radical (unpaired) electrons. The Labute approximate surface area is 143 Å². The topological polar surface area (TPSA) is 82.7 Å². The first-order valence-corrected chi connectivity index (χ1v) is 9.19. The molecule has 0 spiro atoms. The largest absolute Gasteiger partial charge is 0.395 e. The van der Waals surface area contributed by atoms with E-state index in [0.29, 0.717) is 12.3 Å².